The number of rotatable bonds is 6. The van der Waals surface area contributed by atoms with Crippen LogP contribution in [-0.4, -0.2) is 47.5 Å². The third-order valence-electron chi connectivity index (χ3n) is 4.04. The number of aliphatic hydroxyl groups excluding tert-OH is 1. The van der Waals surface area contributed by atoms with Crippen molar-refractivity contribution in [2.75, 3.05) is 25.4 Å². The van der Waals surface area contributed by atoms with Crippen LogP contribution in [0.1, 0.15) is 26.2 Å². The van der Waals surface area contributed by atoms with Crippen molar-refractivity contribution in [3.63, 3.8) is 0 Å². The van der Waals surface area contributed by atoms with Crippen molar-refractivity contribution < 1.29 is 9.90 Å². The van der Waals surface area contributed by atoms with Gasteiger partial charge in [-0.05, 0) is 44.1 Å². The molecule has 122 valence electrons. The molecule has 2 amide bonds. The van der Waals surface area contributed by atoms with E-state index in [0.29, 0.717) is 13.1 Å². The van der Waals surface area contributed by atoms with Gasteiger partial charge in [0.15, 0.2) is 0 Å². The molecule has 0 saturated carbocycles. The molecule has 0 bridgehead atoms. The standard InChI is InChI=1S/C17H26N2O2S/c1-14(20)15-7-5-11-19(13-15)17(21)18-10-6-12-22-16-8-3-2-4-9-16/h2-4,8-9,14-15,20H,5-7,10-13H2,1H3,(H,18,21). The van der Waals surface area contributed by atoms with Crippen molar-refractivity contribution in [2.24, 2.45) is 5.92 Å². The van der Waals surface area contributed by atoms with Crippen LogP contribution >= 0.6 is 11.8 Å². The summed E-state index contributed by atoms with van der Waals surface area (Å²) in [5, 5.41) is 12.7. The highest BCUT2D eigenvalue weighted by Gasteiger charge is 2.26. The number of piperidine rings is 1. The smallest absolute Gasteiger partial charge is 0.317 e. The zero-order chi connectivity index (χ0) is 15.8. The van der Waals surface area contributed by atoms with Crippen LogP contribution in [0.4, 0.5) is 4.79 Å². The Morgan fingerprint density at radius 2 is 2.23 bits per heavy atom. The Bertz CT molecular complexity index is 453. The average molecular weight is 322 g/mol. The summed E-state index contributed by atoms with van der Waals surface area (Å²) < 4.78 is 0. The van der Waals surface area contributed by atoms with Gasteiger partial charge in [0.25, 0.3) is 0 Å². The third-order valence-corrected chi connectivity index (χ3v) is 5.13. The van der Waals surface area contributed by atoms with Crippen LogP contribution in [-0.2, 0) is 0 Å². The monoisotopic (exact) mass is 322 g/mol. The summed E-state index contributed by atoms with van der Waals surface area (Å²) >= 11 is 1.81. The fourth-order valence-electron chi connectivity index (χ4n) is 2.67. The number of thioether (sulfide) groups is 1. The number of benzene rings is 1. The Kier molecular flexibility index (Phi) is 7.06. The minimum absolute atomic E-state index is 0.00932. The number of urea groups is 1. The Hall–Kier alpha value is -1.20. The molecular weight excluding hydrogens is 296 g/mol. The molecule has 5 heteroatoms. The molecule has 1 fully saturated rings. The van der Waals surface area contributed by atoms with Crippen molar-refractivity contribution >= 4 is 17.8 Å². The Balaban J connectivity index is 1.61. The van der Waals surface area contributed by atoms with E-state index >= 15 is 0 Å². The van der Waals surface area contributed by atoms with Gasteiger partial charge in [0, 0.05) is 30.4 Å². The van der Waals surface area contributed by atoms with E-state index in [4.69, 9.17) is 0 Å². The van der Waals surface area contributed by atoms with Crippen LogP contribution in [0.3, 0.4) is 0 Å². The molecule has 0 aliphatic carbocycles. The molecule has 1 saturated heterocycles. The zero-order valence-corrected chi connectivity index (χ0v) is 14.0. The van der Waals surface area contributed by atoms with Gasteiger partial charge in [0.1, 0.15) is 0 Å². The lowest BCUT2D eigenvalue weighted by atomic mass is 9.94. The number of hydrogen-bond donors (Lipinski definition) is 2. The summed E-state index contributed by atoms with van der Waals surface area (Å²) in [5.41, 5.74) is 0. The fraction of sp³-hybridized carbons (Fsp3) is 0.588. The minimum Gasteiger partial charge on any atom is -0.393 e. The Morgan fingerprint density at radius 1 is 1.45 bits per heavy atom. The minimum atomic E-state index is -0.335. The predicted octanol–water partition coefficient (Wildman–Crippen LogP) is 2.97. The van der Waals surface area contributed by atoms with E-state index in [9.17, 15) is 9.90 Å². The maximum absolute atomic E-state index is 12.1. The number of hydrogen-bond acceptors (Lipinski definition) is 3. The van der Waals surface area contributed by atoms with Crippen molar-refractivity contribution in [1.29, 1.82) is 0 Å². The van der Waals surface area contributed by atoms with Gasteiger partial charge >= 0.3 is 6.03 Å². The van der Waals surface area contributed by atoms with Crippen LogP contribution < -0.4 is 5.32 Å². The van der Waals surface area contributed by atoms with Crippen molar-refractivity contribution in [1.82, 2.24) is 10.2 Å². The lowest BCUT2D eigenvalue weighted by Crippen LogP contribution is -2.47. The highest BCUT2D eigenvalue weighted by molar-refractivity contribution is 7.99. The van der Waals surface area contributed by atoms with Crippen molar-refractivity contribution in [3.05, 3.63) is 30.3 Å². The van der Waals surface area contributed by atoms with E-state index < -0.39 is 0 Å². The highest BCUT2D eigenvalue weighted by atomic mass is 32.2. The van der Waals surface area contributed by atoms with Gasteiger partial charge < -0.3 is 15.3 Å². The summed E-state index contributed by atoms with van der Waals surface area (Å²) in [7, 11) is 0. The molecule has 2 N–H and O–H groups in total. The lowest BCUT2D eigenvalue weighted by Gasteiger charge is -2.34. The van der Waals surface area contributed by atoms with Gasteiger partial charge in [-0.15, -0.1) is 11.8 Å². The molecule has 0 aromatic heterocycles. The van der Waals surface area contributed by atoms with Gasteiger partial charge in [-0.3, -0.25) is 0 Å². The van der Waals surface area contributed by atoms with Crippen LogP contribution in [0.2, 0.25) is 0 Å². The van der Waals surface area contributed by atoms with Gasteiger partial charge in [-0.25, -0.2) is 4.79 Å². The van der Waals surface area contributed by atoms with E-state index in [1.54, 1.807) is 0 Å². The number of carbonyl (C=O) groups is 1. The summed E-state index contributed by atoms with van der Waals surface area (Å²) in [5.74, 6) is 1.22. The van der Waals surface area contributed by atoms with E-state index in [1.807, 2.05) is 41.8 Å². The molecular formula is C17H26N2O2S. The summed E-state index contributed by atoms with van der Waals surface area (Å²) in [6.07, 6.45) is 2.61. The SMILES string of the molecule is CC(O)C1CCCN(C(=O)NCCCSc2ccccc2)C1. The van der Waals surface area contributed by atoms with Crippen LogP contribution in [0, 0.1) is 5.92 Å². The molecule has 0 spiro atoms. The first-order valence-electron chi connectivity index (χ1n) is 8.05. The van der Waals surface area contributed by atoms with Crippen LogP contribution in [0.5, 0.6) is 0 Å². The third kappa shape index (κ3) is 5.54. The van der Waals surface area contributed by atoms with Crippen LogP contribution in [0.15, 0.2) is 35.2 Å². The van der Waals surface area contributed by atoms with E-state index in [0.717, 1.165) is 31.6 Å². The molecule has 4 nitrogen and oxygen atoms in total. The Morgan fingerprint density at radius 3 is 2.95 bits per heavy atom. The number of nitrogens with one attached hydrogen (secondary N) is 1. The van der Waals surface area contributed by atoms with Gasteiger partial charge in [0.2, 0.25) is 0 Å². The molecule has 1 aromatic rings. The van der Waals surface area contributed by atoms with E-state index in [-0.39, 0.29) is 18.1 Å². The number of nitrogens with zero attached hydrogens (tertiary/aromatic N) is 1. The van der Waals surface area contributed by atoms with E-state index in [1.165, 1.54) is 4.90 Å². The second-order valence-corrected chi connectivity index (χ2v) is 7.00. The molecule has 2 atom stereocenters. The molecule has 2 unspecified atom stereocenters. The number of carbonyl (C=O) groups excluding carboxylic acids is 1. The first kappa shape index (κ1) is 17.2. The molecule has 2 rings (SSSR count). The molecule has 1 aliphatic heterocycles. The predicted molar refractivity (Wildman–Crippen MR) is 91.2 cm³/mol. The van der Waals surface area contributed by atoms with Crippen molar-refractivity contribution in [2.45, 2.75) is 37.2 Å². The maximum atomic E-state index is 12.1. The number of amides is 2. The quantitative estimate of drug-likeness (QED) is 0.625. The Labute approximate surface area is 137 Å². The first-order valence-corrected chi connectivity index (χ1v) is 9.04. The van der Waals surface area contributed by atoms with Gasteiger partial charge in [-0.2, -0.15) is 0 Å². The topological polar surface area (TPSA) is 52.6 Å². The van der Waals surface area contributed by atoms with E-state index in [2.05, 4.69) is 17.4 Å². The molecule has 1 aromatic carbocycles. The molecule has 1 aliphatic rings. The second kappa shape index (κ2) is 9.06. The number of likely N-dealkylation sites (tertiary alicyclic amines) is 1. The number of aliphatic hydroxyl groups is 1. The largest absolute Gasteiger partial charge is 0.393 e. The van der Waals surface area contributed by atoms with Gasteiger partial charge in [0.05, 0.1) is 6.10 Å². The molecule has 0 radical (unpaired) electrons. The van der Waals surface area contributed by atoms with Crippen molar-refractivity contribution in [3.8, 4) is 0 Å². The van der Waals surface area contributed by atoms with Crippen LogP contribution in [0.25, 0.3) is 0 Å². The summed E-state index contributed by atoms with van der Waals surface area (Å²) in [6, 6.07) is 10.3. The molecule has 22 heavy (non-hydrogen) atoms. The summed E-state index contributed by atoms with van der Waals surface area (Å²) in [4.78, 5) is 15.2. The maximum Gasteiger partial charge on any atom is 0.317 e. The lowest BCUT2D eigenvalue weighted by molar-refractivity contribution is 0.0740. The normalized spacial score (nSPS) is 19.7. The highest BCUT2D eigenvalue weighted by Crippen LogP contribution is 2.20. The summed E-state index contributed by atoms with van der Waals surface area (Å²) in [6.45, 7) is 3.98. The zero-order valence-electron chi connectivity index (χ0n) is 13.2. The average Bonchev–Trinajstić information content (AvgIpc) is 2.55. The first-order chi connectivity index (χ1) is 10.7. The fourth-order valence-corrected chi connectivity index (χ4v) is 3.55. The second-order valence-electron chi connectivity index (χ2n) is 5.84. The van der Waals surface area contributed by atoms with Gasteiger partial charge in [-0.1, -0.05) is 18.2 Å². The molecule has 1 heterocycles.